The van der Waals surface area contributed by atoms with Gasteiger partial charge < -0.3 is 9.73 Å². The summed E-state index contributed by atoms with van der Waals surface area (Å²) in [5.41, 5.74) is 3.02. The molecule has 3 nitrogen and oxygen atoms in total. The van der Waals surface area contributed by atoms with Crippen LogP contribution in [0.25, 0.3) is 11.1 Å². The Bertz CT molecular complexity index is 474. The zero-order valence-corrected chi connectivity index (χ0v) is 10.1. The lowest BCUT2D eigenvalue weighted by atomic mass is 10.2. The molecule has 1 N–H and O–H groups in total. The quantitative estimate of drug-likeness (QED) is 0.857. The molecule has 0 fully saturated rings. The van der Waals surface area contributed by atoms with Gasteiger partial charge in [0.2, 0.25) is 5.89 Å². The lowest BCUT2D eigenvalue weighted by Crippen LogP contribution is -2.19. The molecular formula is C13H18N2O. The van der Waals surface area contributed by atoms with Crippen molar-refractivity contribution in [1.82, 2.24) is 10.3 Å². The lowest BCUT2D eigenvalue weighted by molar-refractivity contribution is 0.471. The van der Waals surface area contributed by atoms with Gasteiger partial charge in [0.25, 0.3) is 0 Å². The molecule has 0 spiro atoms. The number of aryl methyl sites for hydroxylation is 1. The molecule has 0 saturated carbocycles. The summed E-state index contributed by atoms with van der Waals surface area (Å²) in [6, 6.07) is 6.06. The minimum absolute atomic E-state index is 0.645. The summed E-state index contributed by atoms with van der Waals surface area (Å²) in [5, 5.41) is 3.32. The first-order valence-electron chi connectivity index (χ1n) is 5.72. The number of aromatic nitrogens is 1. The van der Waals surface area contributed by atoms with Gasteiger partial charge in [-0.3, -0.25) is 0 Å². The normalized spacial score (nSPS) is 11.5. The van der Waals surface area contributed by atoms with Gasteiger partial charge in [0.15, 0.2) is 5.58 Å². The average Bonchev–Trinajstić information content (AvgIpc) is 2.58. The molecule has 0 atom stereocenters. The largest absolute Gasteiger partial charge is 0.439 e. The number of nitrogens with one attached hydrogen (secondary N) is 1. The summed E-state index contributed by atoms with van der Waals surface area (Å²) in [4.78, 5) is 4.44. The van der Waals surface area contributed by atoms with E-state index in [1.165, 1.54) is 5.56 Å². The van der Waals surface area contributed by atoms with Crippen LogP contribution < -0.4 is 5.32 Å². The highest BCUT2D eigenvalue weighted by atomic mass is 16.3. The number of hydrogen-bond acceptors (Lipinski definition) is 3. The molecule has 2 rings (SSSR count). The molecular weight excluding hydrogens is 200 g/mol. The van der Waals surface area contributed by atoms with Gasteiger partial charge in [-0.2, -0.15) is 0 Å². The second-order valence-corrected chi connectivity index (χ2v) is 4.60. The Morgan fingerprint density at radius 2 is 2.19 bits per heavy atom. The van der Waals surface area contributed by atoms with Crippen LogP contribution in [-0.4, -0.2) is 11.5 Å². The van der Waals surface area contributed by atoms with Crippen LogP contribution in [0.3, 0.4) is 0 Å². The molecule has 0 amide bonds. The maximum atomic E-state index is 5.63. The van der Waals surface area contributed by atoms with Crippen LogP contribution in [0.5, 0.6) is 0 Å². The van der Waals surface area contributed by atoms with E-state index < -0.39 is 0 Å². The van der Waals surface area contributed by atoms with Crippen LogP contribution in [0.15, 0.2) is 22.6 Å². The monoisotopic (exact) mass is 218 g/mol. The van der Waals surface area contributed by atoms with Crippen molar-refractivity contribution in [2.24, 2.45) is 5.92 Å². The van der Waals surface area contributed by atoms with Gasteiger partial charge in [0.05, 0.1) is 6.54 Å². The van der Waals surface area contributed by atoms with Gasteiger partial charge in [-0.05, 0) is 37.1 Å². The molecule has 0 saturated heterocycles. The lowest BCUT2D eigenvalue weighted by Gasteiger charge is -2.03. The number of benzene rings is 1. The van der Waals surface area contributed by atoms with Crippen LogP contribution in [-0.2, 0) is 6.54 Å². The zero-order valence-electron chi connectivity index (χ0n) is 10.1. The maximum Gasteiger partial charge on any atom is 0.209 e. The number of oxazole rings is 1. The van der Waals surface area contributed by atoms with E-state index in [0.717, 1.165) is 23.5 Å². The molecule has 0 bridgehead atoms. The molecule has 16 heavy (non-hydrogen) atoms. The Morgan fingerprint density at radius 1 is 1.38 bits per heavy atom. The van der Waals surface area contributed by atoms with Crippen molar-refractivity contribution in [2.45, 2.75) is 27.3 Å². The summed E-state index contributed by atoms with van der Waals surface area (Å²) in [6.45, 7) is 8.11. The van der Waals surface area contributed by atoms with Crippen LogP contribution in [0, 0.1) is 12.8 Å². The predicted octanol–water partition coefficient (Wildman–Crippen LogP) is 2.88. The second-order valence-electron chi connectivity index (χ2n) is 4.60. The number of rotatable bonds is 4. The molecule has 1 heterocycles. The molecule has 0 aliphatic rings. The average molecular weight is 218 g/mol. The van der Waals surface area contributed by atoms with Crippen LogP contribution in [0.4, 0.5) is 0 Å². The van der Waals surface area contributed by atoms with E-state index in [9.17, 15) is 0 Å². The maximum absolute atomic E-state index is 5.63. The third kappa shape index (κ3) is 2.61. The first-order valence-corrected chi connectivity index (χ1v) is 5.72. The molecule has 0 aliphatic heterocycles. The summed E-state index contributed by atoms with van der Waals surface area (Å²) >= 11 is 0. The van der Waals surface area contributed by atoms with Crippen LogP contribution in [0.2, 0.25) is 0 Å². The Labute approximate surface area is 95.9 Å². The zero-order chi connectivity index (χ0) is 11.5. The van der Waals surface area contributed by atoms with E-state index in [1.807, 2.05) is 18.2 Å². The topological polar surface area (TPSA) is 38.1 Å². The fourth-order valence-corrected chi connectivity index (χ4v) is 1.63. The van der Waals surface area contributed by atoms with Gasteiger partial charge in [0.1, 0.15) is 5.52 Å². The molecule has 1 aromatic heterocycles. The summed E-state index contributed by atoms with van der Waals surface area (Å²) in [5.74, 6) is 1.41. The highest BCUT2D eigenvalue weighted by Crippen LogP contribution is 2.16. The highest BCUT2D eigenvalue weighted by molar-refractivity contribution is 5.73. The van der Waals surface area contributed by atoms with E-state index in [2.05, 4.69) is 31.1 Å². The van der Waals surface area contributed by atoms with Crippen LogP contribution >= 0.6 is 0 Å². The van der Waals surface area contributed by atoms with E-state index in [-0.39, 0.29) is 0 Å². The summed E-state index contributed by atoms with van der Waals surface area (Å²) in [7, 11) is 0. The fraction of sp³-hybridized carbons (Fsp3) is 0.462. The van der Waals surface area contributed by atoms with Crippen molar-refractivity contribution in [1.29, 1.82) is 0 Å². The van der Waals surface area contributed by atoms with E-state index >= 15 is 0 Å². The van der Waals surface area contributed by atoms with E-state index in [1.54, 1.807) is 0 Å². The minimum atomic E-state index is 0.645. The van der Waals surface area contributed by atoms with Gasteiger partial charge in [-0.15, -0.1) is 0 Å². The first kappa shape index (κ1) is 11.1. The molecule has 0 aliphatic carbocycles. The highest BCUT2D eigenvalue weighted by Gasteiger charge is 2.05. The summed E-state index contributed by atoms with van der Waals surface area (Å²) in [6.07, 6.45) is 0. The van der Waals surface area contributed by atoms with Crippen molar-refractivity contribution >= 4 is 11.1 Å². The third-order valence-corrected chi connectivity index (χ3v) is 2.42. The molecule has 1 aromatic carbocycles. The fourth-order valence-electron chi connectivity index (χ4n) is 1.63. The molecule has 0 unspecified atom stereocenters. The molecule has 86 valence electrons. The Morgan fingerprint density at radius 3 is 2.94 bits per heavy atom. The van der Waals surface area contributed by atoms with Gasteiger partial charge in [-0.25, -0.2) is 4.98 Å². The number of hydrogen-bond donors (Lipinski definition) is 1. The van der Waals surface area contributed by atoms with E-state index in [4.69, 9.17) is 4.42 Å². The minimum Gasteiger partial charge on any atom is -0.439 e. The Hall–Kier alpha value is -1.35. The van der Waals surface area contributed by atoms with Crippen molar-refractivity contribution in [3.8, 4) is 0 Å². The van der Waals surface area contributed by atoms with Crippen molar-refractivity contribution in [3.63, 3.8) is 0 Å². The van der Waals surface area contributed by atoms with Crippen molar-refractivity contribution in [2.75, 3.05) is 6.54 Å². The van der Waals surface area contributed by atoms with E-state index in [0.29, 0.717) is 12.5 Å². The smallest absolute Gasteiger partial charge is 0.209 e. The first-order chi connectivity index (χ1) is 7.65. The molecule has 0 radical (unpaired) electrons. The summed E-state index contributed by atoms with van der Waals surface area (Å²) < 4.78 is 5.63. The number of fused-ring (bicyclic) bond motifs is 1. The van der Waals surface area contributed by atoms with Gasteiger partial charge in [-0.1, -0.05) is 19.9 Å². The predicted molar refractivity (Wildman–Crippen MR) is 65.3 cm³/mol. The van der Waals surface area contributed by atoms with Crippen molar-refractivity contribution in [3.05, 3.63) is 29.7 Å². The van der Waals surface area contributed by atoms with Crippen molar-refractivity contribution < 1.29 is 4.42 Å². The standard InChI is InChI=1S/C13H18N2O/c1-9(2)7-14-8-13-15-11-6-10(3)4-5-12(11)16-13/h4-6,9,14H,7-8H2,1-3H3. The second kappa shape index (κ2) is 4.66. The molecule has 2 aromatic rings. The SMILES string of the molecule is Cc1ccc2oc(CNCC(C)C)nc2c1. The van der Waals surface area contributed by atoms with Gasteiger partial charge >= 0.3 is 0 Å². The third-order valence-electron chi connectivity index (χ3n) is 2.42. The number of nitrogens with zero attached hydrogens (tertiary/aromatic N) is 1. The Balaban J connectivity index is 2.08. The Kier molecular flexibility index (Phi) is 3.25. The van der Waals surface area contributed by atoms with Gasteiger partial charge in [0, 0.05) is 0 Å². The van der Waals surface area contributed by atoms with Crippen LogP contribution in [0.1, 0.15) is 25.3 Å². The molecule has 3 heteroatoms.